The van der Waals surface area contributed by atoms with Gasteiger partial charge in [-0.1, -0.05) is 17.7 Å². The Labute approximate surface area is 150 Å². The van der Waals surface area contributed by atoms with Crippen molar-refractivity contribution in [3.63, 3.8) is 0 Å². The number of anilines is 1. The smallest absolute Gasteiger partial charge is 0.241 e. The first-order valence-corrected chi connectivity index (χ1v) is 8.17. The maximum absolute atomic E-state index is 13.9. The van der Waals surface area contributed by atoms with E-state index in [0.717, 1.165) is 0 Å². The number of carbonyl (C=O) groups is 1. The molecule has 0 spiro atoms. The summed E-state index contributed by atoms with van der Waals surface area (Å²) in [6.07, 6.45) is 0. The standard InChI is InChI=1S/C18H18ClFN2O3/c1-11(22(2)9-13-14(19)4-3-5-15(13)20)18(23)21-12-6-7-16-17(8-12)25-10-24-16/h3-8,11H,9-10H2,1-2H3,(H,21,23)/t11-/m1/s1. The van der Waals surface area contributed by atoms with E-state index in [-0.39, 0.29) is 25.1 Å². The molecule has 1 atom stereocenters. The summed E-state index contributed by atoms with van der Waals surface area (Å²) in [6.45, 7) is 2.15. The molecule has 132 valence electrons. The molecule has 0 bridgehead atoms. The molecule has 1 aliphatic rings. The van der Waals surface area contributed by atoms with Gasteiger partial charge in [0.15, 0.2) is 11.5 Å². The van der Waals surface area contributed by atoms with Crippen molar-refractivity contribution in [3.05, 3.63) is 52.8 Å². The quantitative estimate of drug-likeness (QED) is 0.879. The van der Waals surface area contributed by atoms with Crippen LogP contribution in [0.1, 0.15) is 12.5 Å². The minimum atomic E-state index is -0.485. The molecular weight excluding hydrogens is 347 g/mol. The van der Waals surface area contributed by atoms with Crippen LogP contribution in [0.25, 0.3) is 0 Å². The number of rotatable bonds is 5. The molecule has 0 aromatic heterocycles. The van der Waals surface area contributed by atoms with Crippen LogP contribution in [0.4, 0.5) is 10.1 Å². The Morgan fingerprint density at radius 3 is 2.84 bits per heavy atom. The fraction of sp³-hybridized carbons (Fsp3) is 0.278. The molecule has 2 aromatic rings. The first-order chi connectivity index (χ1) is 12.0. The molecule has 1 heterocycles. The van der Waals surface area contributed by atoms with Gasteiger partial charge >= 0.3 is 0 Å². The van der Waals surface area contributed by atoms with Crippen molar-refractivity contribution in [1.82, 2.24) is 4.90 Å². The van der Waals surface area contributed by atoms with Crippen molar-refractivity contribution in [2.75, 3.05) is 19.2 Å². The molecule has 2 aromatic carbocycles. The fourth-order valence-electron chi connectivity index (χ4n) is 2.49. The predicted molar refractivity (Wildman–Crippen MR) is 93.5 cm³/mol. The molecule has 1 N–H and O–H groups in total. The SMILES string of the molecule is C[C@H](C(=O)Nc1ccc2c(c1)OCO2)N(C)Cc1c(F)cccc1Cl. The summed E-state index contributed by atoms with van der Waals surface area (Å²) in [5.74, 6) is 0.644. The van der Waals surface area contributed by atoms with Crippen LogP contribution >= 0.6 is 11.6 Å². The van der Waals surface area contributed by atoms with E-state index in [1.54, 1.807) is 49.2 Å². The zero-order valence-electron chi connectivity index (χ0n) is 13.9. The summed E-state index contributed by atoms with van der Waals surface area (Å²) in [6, 6.07) is 9.24. The lowest BCUT2D eigenvalue weighted by molar-refractivity contribution is -0.120. The summed E-state index contributed by atoms with van der Waals surface area (Å²) >= 11 is 6.05. The zero-order valence-corrected chi connectivity index (χ0v) is 14.6. The highest BCUT2D eigenvalue weighted by atomic mass is 35.5. The molecular formula is C18H18ClFN2O3. The Morgan fingerprint density at radius 1 is 1.32 bits per heavy atom. The Kier molecular flexibility index (Phi) is 5.11. The van der Waals surface area contributed by atoms with Crippen molar-refractivity contribution in [2.45, 2.75) is 19.5 Å². The topological polar surface area (TPSA) is 50.8 Å². The maximum atomic E-state index is 13.9. The number of amides is 1. The van der Waals surface area contributed by atoms with Gasteiger partial charge in [0.1, 0.15) is 5.82 Å². The lowest BCUT2D eigenvalue weighted by Gasteiger charge is -2.24. The fourth-order valence-corrected chi connectivity index (χ4v) is 2.71. The van der Waals surface area contributed by atoms with E-state index in [2.05, 4.69) is 5.32 Å². The van der Waals surface area contributed by atoms with Gasteiger partial charge in [-0.15, -0.1) is 0 Å². The summed E-state index contributed by atoms with van der Waals surface area (Å²) in [5.41, 5.74) is 0.979. The Morgan fingerprint density at radius 2 is 2.08 bits per heavy atom. The van der Waals surface area contributed by atoms with Crippen molar-refractivity contribution in [3.8, 4) is 11.5 Å². The zero-order chi connectivity index (χ0) is 18.0. The number of nitrogens with zero attached hydrogens (tertiary/aromatic N) is 1. The number of fused-ring (bicyclic) bond motifs is 1. The predicted octanol–water partition coefficient (Wildman–Crippen LogP) is 3.67. The summed E-state index contributed by atoms with van der Waals surface area (Å²) in [4.78, 5) is 14.2. The van der Waals surface area contributed by atoms with E-state index >= 15 is 0 Å². The van der Waals surface area contributed by atoms with Crippen LogP contribution in [0.5, 0.6) is 11.5 Å². The summed E-state index contributed by atoms with van der Waals surface area (Å²) in [7, 11) is 1.74. The van der Waals surface area contributed by atoms with Gasteiger partial charge in [0.2, 0.25) is 12.7 Å². The van der Waals surface area contributed by atoms with Gasteiger partial charge in [-0.2, -0.15) is 0 Å². The second-order valence-corrected chi connectivity index (χ2v) is 6.26. The summed E-state index contributed by atoms with van der Waals surface area (Å²) in [5, 5.41) is 3.17. The lowest BCUT2D eigenvalue weighted by atomic mass is 10.1. The molecule has 5 nitrogen and oxygen atoms in total. The van der Waals surface area contributed by atoms with E-state index < -0.39 is 6.04 Å². The molecule has 0 unspecified atom stereocenters. The van der Waals surface area contributed by atoms with Crippen molar-refractivity contribution >= 4 is 23.2 Å². The van der Waals surface area contributed by atoms with Crippen LogP contribution in [-0.2, 0) is 11.3 Å². The highest BCUT2D eigenvalue weighted by Crippen LogP contribution is 2.34. The van der Waals surface area contributed by atoms with Crippen LogP contribution < -0.4 is 14.8 Å². The number of hydrogen-bond acceptors (Lipinski definition) is 4. The van der Waals surface area contributed by atoms with Gasteiger partial charge in [0.25, 0.3) is 0 Å². The number of nitrogens with one attached hydrogen (secondary N) is 1. The first-order valence-electron chi connectivity index (χ1n) is 7.79. The van der Waals surface area contributed by atoms with Crippen LogP contribution in [0.15, 0.2) is 36.4 Å². The Hall–Kier alpha value is -2.31. The average molecular weight is 365 g/mol. The van der Waals surface area contributed by atoms with Gasteiger partial charge in [-0.25, -0.2) is 4.39 Å². The third kappa shape index (κ3) is 3.86. The van der Waals surface area contributed by atoms with E-state index in [1.807, 2.05) is 0 Å². The number of ether oxygens (including phenoxy) is 2. The maximum Gasteiger partial charge on any atom is 0.241 e. The van der Waals surface area contributed by atoms with Crippen LogP contribution in [0.3, 0.4) is 0 Å². The monoisotopic (exact) mass is 364 g/mol. The van der Waals surface area contributed by atoms with Gasteiger partial charge in [-0.3, -0.25) is 9.69 Å². The summed E-state index contributed by atoms with van der Waals surface area (Å²) < 4.78 is 24.4. The number of benzene rings is 2. The minimum absolute atomic E-state index is 0.176. The van der Waals surface area contributed by atoms with E-state index in [4.69, 9.17) is 21.1 Å². The first kappa shape index (κ1) is 17.5. The molecule has 7 heteroatoms. The van der Waals surface area contributed by atoms with Gasteiger partial charge in [-0.05, 0) is 38.2 Å². The van der Waals surface area contributed by atoms with Crippen molar-refractivity contribution in [1.29, 1.82) is 0 Å². The molecule has 0 radical (unpaired) electrons. The van der Waals surface area contributed by atoms with E-state index in [1.165, 1.54) is 6.07 Å². The molecule has 0 fully saturated rings. The van der Waals surface area contributed by atoms with Crippen molar-refractivity contribution in [2.24, 2.45) is 0 Å². The van der Waals surface area contributed by atoms with Crippen LogP contribution in [0.2, 0.25) is 5.02 Å². The highest BCUT2D eigenvalue weighted by Gasteiger charge is 2.21. The Bertz CT molecular complexity index is 780. The Balaban J connectivity index is 1.65. The van der Waals surface area contributed by atoms with Gasteiger partial charge in [0, 0.05) is 28.9 Å². The largest absolute Gasteiger partial charge is 0.454 e. The number of likely N-dealkylation sites (N-methyl/N-ethyl adjacent to an activating group) is 1. The molecule has 0 saturated carbocycles. The number of carbonyl (C=O) groups excluding carboxylic acids is 1. The molecule has 0 saturated heterocycles. The molecule has 25 heavy (non-hydrogen) atoms. The van der Waals surface area contributed by atoms with Gasteiger partial charge in [0.05, 0.1) is 6.04 Å². The highest BCUT2D eigenvalue weighted by molar-refractivity contribution is 6.31. The average Bonchev–Trinajstić information content (AvgIpc) is 3.05. The third-order valence-electron chi connectivity index (χ3n) is 4.15. The minimum Gasteiger partial charge on any atom is -0.454 e. The molecule has 1 aliphatic heterocycles. The van der Waals surface area contributed by atoms with Crippen LogP contribution in [0, 0.1) is 5.82 Å². The van der Waals surface area contributed by atoms with Crippen LogP contribution in [-0.4, -0.2) is 30.7 Å². The molecule has 3 rings (SSSR count). The second-order valence-electron chi connectivity index (χ2n) is 5.85. The molecule has 0 aliphatic carbocycles. The van der Waals surface area contributed by atoms with E-state index in [9.17, 15) is 9.18 Å². The normalized spacial score (nSPS) is 13.8. The number of halogens is 2. The lowest BCUT2D eigenvalue weighted by Crippen LogP contribution is -2.39. The van der Waals surface area contributed by atoms with Crippen molar-refractivity contribution < 1.29 is 18.7 Å². The second kappa shape index (κ2) is 7.29. The van der Waals surface area contributed by atoms with E-state index in [0.29, 0.717) is 27.8 Å². The molecule has 1 amide bonds. The third-order valence-corrected chi connectivity index (χ3v) is 4.50. The van der Waals surface area contributed by atoms with Gasteiger partial charge < -0.3 is 14.8 Å². The number of hydrogen-bond donors (Lipinski definition) is 1.